The van der Waals surface area contributed by atoms with Gasteiger partial charge in [-0.25, -0.2) is 0 Å². The number of hydrogen-bond acceptors (Lipinski definition) is 6. The lowest BCUT2D eigenvalue weighted by Gasteiger charge is -2.30. The lowest BCUT2D eigenvalue weighted by molar-refractivity contribution is -0.120. The van der Waals surface area contributed by atoms with Gasteiger partial charge in [-0.1, -0.05) is 18.2 Å². The van der Waals surface area contributed by atoms with Gasteiger partial charge >= 0.3 is 7.12 Å². The molecule has 7 heteroatoms. The second-order valence-corrected chi connectivity index (χ2v) is 7.48. The van der Waals surface area contributed by atoms with Crippen molar-refractivity contribution in [1.82, 2.24) is 10.6 Å². The molecule has 0 saturated carbocycles. The maximum absolute atomic E-state index is 12.5. The number of hydrogen-bond donors (Lipinski definition) is 3. The smallest absolute Gasteiger partial charge is 0.427 e. The van der Waals surface area contributed by atoms with Crippen LogP contribution in [0.2, 0.25) is 5.82 Å². The molecule has 1 aromatic carbocycles. The summed E-state index contributed by atoms with van der Waals surface area (Å²) in [6.07, 6.45) is 2.17. The molecule has 1 fully saturated rings. The maximum atomic E-state index is 12.5. The lowest BCUT2D eigenvalue weighted by atomic mass is 9.64. The average Bonchev–Trinajstić information content (AvgIpc) is 2.59. The largest absolute Gasteiger partial charge is 0.458 e. The predicted molar refractivity (Wildman–Crippen MR) is 106 cm³/mol. The van der Waals surface area contributed by atoms with Crippen LogP contribution >= 0.6 is 0 Å². The zero-order valence-electron chi connectivity index (χ0n) is 16.6. The third kappa shape index (κ3) is 6.85. The number of carbonyl (C=O) groups excluding carboxylic acids is 2. The molecule has 1 saturated heterocycles. The average molecular weight is 374 g/mol. The Balaban J connectivity index is 1.92. The van der Waals surface area contributed by atoms with Crippen LogP contribution in [0.25, 0.3) is 0 Å². The summed E-state index contributed by atoms with van der Waals surface area (Å²) < 4.78 is 5.52. The molecule has 148 valence electrons. The van der Waals surface area contributed by atoms with Crippen molar-refractivity contribution in [3.63, 3.8) is 0 Å². The second kappa shape index (κ2) is 10.7. The van der Waals surface area contributed by atoms with Gasteiger partial charge in [-0.05, 0) is 50.6 Å². The molecule has 2 atom stereocenters. The van der Waals surface area contributed by atoms with Gasteiger partial charge in [0, 0.05) is 44.3 Å². The van der Waals surface area contributed by atoms with Crippen LogP contribution in [0.5, 0.6) is 0 Å². The zero-order valence-corrected chi connectivity index (χ0v) is 16.6. The molecule has 2 rings (SSSR count). The molecule has 0 unspecified atom stereocenters. The summed E-state index contributed by atoms with van der Waals surface area (Å²) in [5, 5.41) is 16.5. The van der Waals surface area contributed by atoms with Gasteiger partial charge in [0.2, 0.25) is 0 Å². The molecule has 1 aliphatic heterocycles. The Labute approximate surface area is 162 Å². The van der Waals surface area contributed by atoms with Gasteiger partial charge in [0.15, 0.2) is 0 Å². The minimum Gasteiger partial charge on any atom is -0.427 e. The topological polar surface area (TPSA) is 87.7 Å². The highest BCUT2D eigenvalue weighted by atomic mass is 16.5. The molecule has 6 nitrogen and oxygen atoms in total. The van der Waals surface area contributed by atoms with Crippen LogP contribution in [0.4, 0.5) is 0 Å². The van der Waals surface area contributed by atoms with E-state index in [1.165, 1.54) is 18.1 Å². The van der Waals surface area contributed by atoms with Crippen LogP contribution in [0.15, 0.2) is 18.2 Å². The molecule has 1 aromatic rings. The van der Waals surface area contributed by atoms with E-state index < -0.39 is 7.12 Å². The summed E-state index contributed by atoms with van der Waals surface area (Å²) in [5.74, 6) is -0.0358. The Morgan fingerprint density at radius 1 is 1.15 bits per heavy atom. The first kappa shape index (κ1) is 21.8. The van der Waals surface area contributed by atoms with E-state index in [9.17, 15) is 14.6 Å². The van der Waals surface area contributed by atoms with E-state index in [0.29, 0.717) is 32.1 Å². The van der Waals surface area contributed by atoms with Crippen LogP contribution in [-0.2, 0) is 33.8 Å². The van der Waals surface area contributed by atoms with Crippen molar-refractivity contribution in [2.75, 3.05) is 14.1 Å². The normalized spacial score (nSPS) is 19.9. The van der Waals surface area contributed by atoms with Crippen molar-refractivity contribution in [3.05, 3.63) is 34.9 Å². The molecule has 27 heavy (non-hydrogen) atoms. The highest BCUT2D eigenvalue weighted by Crippen LogP contribution is 2.31. The number of rotatable bonds is 10. The molecule has 0 radical (unpaired) electrons. The lowest BCUT2D eigenvalue weighted by Crippen LogP contribution is -2.37. The van der Waals surface area contributed by atoms with Gasteiger partial charge in [-0.3, -0.25) is 9.59 Å². The molecule has 0 amide bonds. The third-order valence-corrected chi connectivity index (χ3v) is 5.01. The Morgan fingerprint density at radius 3 is 2.48 bits per heavy atom. The van der Waals surface area contributed by atoms with Crippen LogP contribution in [-0.4, -0.2) is 43.9 Å². The van der Waals surface area contributed by atoms with Gasteiger partial charge < -0.3 is 20.3 Å². The molecule has 0 bridgehead atoms. The van der Waals surface area contributed by atoms with Crippen molar-refractivity contribution >= 4 is 18.7 Å². The predicted octanol–water partition coefficient (Wildman–Crippen LogP) is 1.64. The number of nitrogens with one attached hydrogen (secondary N) is 2. The van der Waals surface area contributed by atoms with Gasteiger partial charge in [-0.2, -0.15) is 0 Å². The molecule has 1 aliphatic rings. The molecular formula is C20H31BN2O4. The first-order valence-electron chi connectivity index (χ1n) is 9.67. The minimum atomic E-state index is -0.968. The fourth-order valence-corrected chi connectivity index (χ4v) is 3.69. The van der Waals surface area contributed by atoms with E-state index in [1.54, 1.807) is 0 Å². The second-order valence-electron chi connectivity index (χ2n) is 7.48. The first-order valence-corrected chi connectivity index (χ1v) is 9.67. The Kier molecular flexibility index (Phi) is 8.63. The summed E-state index contributed by atoms with van der Waals surface area (Å²) >= 11 is 0. The Morgan fingerprint density at radius 2 is 1.85 bits per heavy atom. The van der Waals surface area contributed by atoms with Crippen molar-refractivity contribution in [2.45, 2.75) is 64.0 Å². The summed E-state index contributed by atoms with van der Waals surface area (Å²) in [4.78, 5) is 23.7. The van der Waals surface area contributed by atoms with Crippen molar-refractivity contribution in [3.8, 4) is 0 Å². The zero-order chi connectivity index (χ0) is 19.8. The monoisotopic (exact) mass is 374 g/mol. The van der Waals surface area contributed by atoms with E-state index in [4.69, 9.17) is 4.65 Å². The van der Waals surface area contributed by atoms with Crippen LogP contribution in [0.1, 0.15) is 49.3 Å². The van der Waals surface area contributed by atoms with E-state index in [1.807, 2.05) is 20.2 Å². The SMILES string of the molecule is CNCc1ccc(CC(=O)C[C@H]2CC[C@@H](CC(C)=O)OB2O)cc1CNC. The van der Waals surface area contributed by atoms with Gasteiger partial charge in [0.05, 0.1) is 0 Å². The Hall–Kier alpha value is -1.54. The van der Waals surface area contributed by atoms with Crippen LogP contribution in [0.3, 0.4) is 0 Å². The molecule has 0 aromatic heterocycles. The van der Waals surface area contributed by atoms with Crippen LogP contribution in [0, 0.1) is 0 Å². The standard InChI is InChI=1S/C20H31BN2O4/c1-14(24)8-20-7-6-18(21(26)27-20)11-19(25)10-15-4-5-16(12-22-2)17(9-15)13-23-3/h4-5,9,18,20,22-23,26H,6-8,10-13H2,1-3H3/t18-,20+/m1/s1. The van der Waals surface area contributed by atoms with E-state index >= 15 is 0 Å². The fraction of sp³-hybridized carbons (Fsp3) is 0.600. The summed E-state index contributed by atoms with van der Waals surface area (Å²) in [6, 6.07) is 6.15. The quantitative estimate of drug-likeness (QED) is 0.540. The number of benzene rings is 1. The molecule has 1 heterocycles. The molecule has 0 spiro atoms. The maximum Gasteiger partial charge on any atom is 0.458 e. The summed E-state index contributed by atoms with van der Waals surface area (Å²) in [5.41, 5.74) is 3.40. The molecular weight excluding hydrogens is 343 g/mol. The first-order chi connectivity index (χ1) is 12.9. The van der Waals surface area contributed by atoms with Crippen molar-refractivity contribution in [2.24, 2.45) is 0 Å². The van der Waals surface area contributed by atoms with Crippen LogP contribution < -0.4 is 10.6 Å². The summed E-state index contributed by atoms with van der Waals surface area (Å²) in [6.45, 7) is 3.07. The van der Waals surface area contributed by atoms with E-state index in [0.717, 1.165) is 18.7 Å². The van der Waals surface area contributed by atoms with Crippen molar-refractivity contribution < 1.29 is 19.3 Å². The molecule has 3 N–H and O–H groups in total. The molecule has 0 aliphatic carbocycles. The van der Waals surface area contributed by atoms with Crippen molar-refractivity contribution in [1.29, 1.82) is 0 Å². The Bertz CT molecular complexity index is 653. The fourth-order valence-electron chi connectivity index (χ4n) is 3.69. The summed E-state index contributed by atoms with van der Waals surface area (Å²) in [7, 11) is 2.86. The van der Waals surface area contributed by atoms with Gasteiger partial charge in [-0.15, -0.1) is 0 Å². The van der Waals surface area contributed by atoms with Gasteiger partial charge in [0.25, 0.3) is 0 Å². The third-order valence-electron chi connectivity index (χ3n) is 5.01. The number of carbonyl (C=O) groups is 2. The highest BCUT2D eigenvalue weighted by molar-refractivity contribution is 6.45. The minimum absolute atomic E-state index is 0.0563. The van der Waals surface area contributed by atoms with Gasteiger partial charge in [0.1, 0.15) is 11.6 Å². The number of ketones is 2. The van der Waals surface area contributed by atoms with E-state index in [-0.39, 0.29) is 23.5 Å². The van der Waals surface area contributed by atoms with E-state index in [2.05, 4.69) is 22.8 Å². The highest BCUT2D eigenvalue weighted by Gasteiger charge is 2.36. The number of Topliss-reactive ketones (excluding diaryl/α,β-unsaturated/α-hetero) is 2.